The molecular weight excluding hydrogens is 164 g/mol. The van der Waals surface area contributed by atoms with Crippen LogP contribution in [0.3, 0.4) is 0 Å². The lowest BCUT2D eigenvalue weighted by molar-refractivity contribution is -0.130. The Labute approximate surface area is 81.7 Å². The Morgan fingerprint density at radius 2 is 1.69 bits per heavy atom. The molecule has 0 aromatic heterocycles. The minimum atomic E-state index is 0.284. The van der Waals surface area contributed by atoms with E-state index in [9.17, 15) is 4.79 Å². The zero-order chi connectivity index (χ0) is 10.3. The molecule has 0 N–H and O–H groups in total. The molecular formula is C10H22N2O. The van der Waals surface area contributed by atoms with Gasteiger partial charge in [-0.3, -0.25) is 4.79 Å². The molecule has 0 aromatic rings. The molecule has 78 valence electrons. The smallest absolute Gasteiger partial charge is 0.222 e. The zero-order valence-electron chi connectivity index (χ0n) is 9.34. The van der Waals surface area contributed by atoms with Crippen LogP contribution in [0.25, 0.3) is 0 Å². The highest BCUT2D eigenvalue weighted by Crippen LogP contribution is 1.98. The Bertz CT molecular complexity index is 142. The molecule has 0 spiro atoms. The van der Waals surface area contributed by atoms with Crippen molar-refractivity contribution in [3.05, 3.63) is 0 Å². The van der Waals surface area contributed by atoms with Crippen molar-refractivity contribution in [2.75, 3.05) is 33.7 Å². The Kier molecular flexibility index (Phi) is 6.59. The molecule has 13 heavy (non-hydrogen) atoms. The van der Waals surface area contributed by atoms with Crippen LogP contribution in [0.4, 0.5) is 0 Å². The number of nitrogens with zero attached hydrogens (tertiary/aromatic N) is 2. The molecule has 0 bridgehead atoms. The molecule has 0 aliphatic heterocycles. The number of carbonyl (C=O) groups is 1. The Morgan fingerprint density at radius 3 is 2.08 bits per heavy atom. The number of carbonyl (C=O) groups excluding carboxylic acids is 1. The lowest BCUT2D eigenvalue weighted by Gasteiger charge is -2.18. The second-order valence-electron chi connectivity index (χ2n) is 3.47. The summed E-state index contributed by atoms with van der Waals surface area (Å²) in [5, 5.41) is 0. The largest absolute Gasteiger partial charge is 0.343 e. The summed E-state index contributed by atoms with van der Waals surface area (Å²) in [6.45, 7) is 6.70. The molecule has 0 saturated carbocycles. The van der Waals surface area contributed by atoms with Crippen molar-refractivity contribution < 1.29 is 4.79 Å². The zero-order valence-corrected chi connectivity index (χ0v) is 9.34. The van der Waals surface area contributed by atoms with Gasteiger partial charge in [0.1, 0.15) is 0 Å². The highest BCUT2D eigenvalue weighted by atomic mass is 16.2. The third kappa shape index (κ3) is 5.64. The van der Waals surface area contributed by atoms with E-state index in [0.717, 1.165) is 26.1 Å². The van der Waals surface area contributed by atoms with Crippen LogP contribution in [0.2, 0.25) is 0 Å². The van der Waals surface area contributed by atoms with Gasteiger partial charge in [0.25, 0.3) is 0 Å². The molecule has 0 radical (unpaired) electrons. The summed E-state index contributed by atoms with van der Waals surface area (Å²) in [7, 11) is 4.06. The summed E-state index contributed by atoms with van der Waals surface area (Å²) in [5.41, 5.74) is 0. The van der Waals surface area contributed by atoms with Crippen LogP contribution in [-0.2, 0) is 4.79 Å². The number of hydrogen-bond acceptors (Lipinski definition) is 2. The highest BCUT2D eigenvalue weighted by Gasteiger charge is 2.08. The van der Waals surface area contributed by atoms with E-state index in [1.807, 2.05) is 32.8 Å². The first-order valence-corrected chi connectivity index (χ1v) is 5.04. The second kappa shape index (κ2) is 6.89. The van der Waals surface area contributed by atoms with Crippen LogP contribution in [0, 0.1) is 0 Å². The fraction of sp³-hybridized carbons (Fsp3) is 0.900. The average Bonchev–Trinajstić information content (AvgIpc) is 2.05. The maximum absolute atomic E-state index is 11.5. The summed E-state index contributed by atoms with van der Waals surface area (Å²) in [6.07, 6.45) is 1.64. The first kappa shape index (κ1) is 12.4. The maximum Gasteiger partial charge on any atom is 0.222 e. The third-order valence-corrected chi connectivity index (χ3v) is 2.11. The molecule has 0 saturated heterocycles. The fourth-order valence-electron chi connectivity index (χ4n) is 1.28. The normalized spacial score (nSPS) is 10.5. The summed E-state index contributed by atoms with van der Waals surface area (Å²) in [5.74, 6) is 0.284. The first-order chi connectivity index (χ1) is 6.11. The van der Waals surface area contributed by atoms with Gasteiger partial charge < -0.3 is 9.80 Å². The predicted octanol–water partition coefficient (Wildman–Crippen LogP) is 1.20. The van der Waals surface area contributed by atoms with Gasteiger partial charge in [0.2, 0.25) is 5.91 Å². The van der Waals surface area contributed by atoms with Gasteiger partial charge >= 0.3 is 0 Å². The van der Waals surface area contributed by atoms with Crippen molar-refractivity contribution >= 4 is 5.91 Å². The van der Waals surface area contributed by atoms with Crippen LogP contribution in [0.1, 0.15) is 26.7 Å². The Balaban J connectivity index is 3.60. The van der Waals surface area contributed by atoms with Crippen LogP contribution < -0.4 is 0 Å². The lowest BCUT2D eigenvalue weighted by atomic mass is 10.2. The van der Waals surface area contributed by atoms with Crippen LogP contribution in [0.5, 0.6) is 0 Å². The summed E-state index contributed by atoms with van der Waals surface area (Å²) < 4.78 is 0. The van der Waals surface area contributed by atoms with E-state index in [1.165, 1.54) is 0 Å². The van der Waals surface area contributed by atoms with Crippen LogP contribution in [0.15, 0.2) is 0 Å². The summed E-state index contributed by atoms with van der Waals surface area (Å²) >= 11 is 0. The topological polar surface area (TPSA) is 23.6 Å². The van der Waals surface area contributed by atoms with E-state index in [-0.39, 0.29) is 5.91 Å². The molecule has 0 aliphatic carbocycles. The molecule has 0 unspecified atom stereocenters. The van der Waals surface area contributed by atoms with Crippen molar-refractivity contribution in [1.82, 2.24) is 9.80 Å². The van der Waals surface area contributed by atoms with E-state index in [4.69, 9.17) is 0 Å². The predicted molar refractivity (Wildman–Crippen MR) is 55.7 cm³/mol. The quantitative estimate of drug-likeness (QED) is 0.622. The molecule has 1 amide bonds. The molecule has 0 rings (SSSR count). The minimum absolute atomic E-state index is 0.284. The van der Waals surface area contributed by atoms with E-state index in [1.54, 1.807) is 0 Å². The van der Waals surface area contributed by atoms with Crippen LogP contribution >= 0.6 is 0 Å². The summed E-state index contributed by atoms with van der Waals surface area (Å²) in [4.78, 5) is 15.5. The fourth-order valence-corrected chi connectivity index (χ4v) is 1.28. The molecule has 0 aromatic carbocycles. The van der Waals surface area contributed by atoms with E-state index >= 15 is 0 Å². The van der Waals surface area contributed by atoms with Gasteiger partial charge in [0.15, 0.2) is 0 Å². The lowest BCUT2D eigenvalue weighted by Crippen LogP contribution is -2.30. The first-order valence-electron chi connectivity index (χ1n) is 5.04. The number of hydrogen-bond donors (Lipinski definition) is 0. The average molecular weight is 186 g/mol. The van der Waals surface area contributed by atoms with Crippen molar-refractivity contribution in [3.63, 3.8) is 0 Å². The van der Waals surface area contributed by atoms with Gasteiger partial charge in [-0.1, -0.05) is 0 Å². The second-order valence-corrected chi connectivity index (χ2v) is 3.47. The molecule has 3 heteroatoms. The van der Waals surface area contributed by atoms with Gasteiger partial charge in [-0.05, 0) is 40.9 Å². The van der Waals surface area contributed by atoms with Gasteiger partial charge in [0.05, 0.1) is 0 Å². The standard InChI is InChI=1S/C10H22N2O/c1-5-12(6-2)10(13)8-7-9-11(3)4/h5-9H2,1-4H3. The van der Waals surface area contributed by atoms with Gasteiger partial charge in [0, 0.05) is 19.5 Å². The summed E-state index contributed by atoms with van der Waals surface area (Å²) in [6, 6.07) is 0. The molecule has 0 aliphatic rings. The molecule has 3 nitrogen and oxygen atoms in total. The van der Waals surface area contributed by atoms with E-state index in [0.29, 0.717) is 6.42 Å². The van der Waals surface area contributed by atoms with Gasteiger partial charge in [-0.15, -0.1) is 0 Å². The maximum atomic E-state index is 11.5. The Hall–Kier alpha value is -0.570. The van der Waals surface area contributed by atoms with Crippen molar-refractivity contribution in [3.8, 4) is 0 Å². The van der Waals surface area contributed by atoms with Crippen molar-refractivity contribution in [1.29, 1.82) is 0 Å². The van der Waals surface area contributed by atoms with E-state index in [2.05, 4.69) is 4.90 Å². The van der Waals surface area contributed by atoms with Crippen molar-refractivity contribution in [2.24, 2.45) is 0 Å². The monoisotopic (exact) mass is 186 g/mol. The van der Waals surface area contributed by atoms with Crippen LogP contribution in [-0.4, -0.2) is 49.4 Å². The molecule has 0 heterocycles. The van der Waals surface area contributed by atoms with Gasteiger partial charge in [-0.2, -0.15) is 0 Å². The molecule has 0 atom stereocenters. The Morgan fingerprint density at radius 1 is 1.15 bits per heavy atom. The van der Waals surface area contributed by atoms with E-state index < -0.39 is 0 Å². The number of amides is 1. The minimum Gasteiger partial charge on any atom is -0.343 e. The SMILES string of the molecule is CCN(CC)C(=O)CCCN(C)C. The van der Waals surface area contributed by atoms with Gasteiger partial charge in [-0.25, -0.2) is 0 Å². The number of rotatable bonds is 6. The third-order valence-electron chi connectivity index (χ3n) is 2.11. The highest BCUT2D eigenvalue weighted by molar-refractivity contribution is 5.76. The molecule has 0 fully saturated rings. The van der Waals surface area contributed by atoms with Crippen molar-refractivity contribution in [2.45, 2.75) is 26.7 Å².